The lowest BCUT2D eigenvalue weighted by atomic mass is 9.92. The summed E-state index contributed by atoms with van der Waals surface area (Å²) in [6.07, 6.45) is -0.290. The van der Waals surface area contributed by atoms with Gasteiger partial charge in [0, 0.05) is 22.3 Å². The molecule has 0 amide bonds. The molecule has 1 atom stereocenters. The van der Waals surface area contributed by atoms with Gasteiger partial charge < -0.3 is 10.1 Å². The summed E-state index contributed by atoms with van der Waals surface area (Å²) in [5.74, 6) is 2.79. The highest BCUT2D eigenvalue weighted by Gasteiger charge is 2.26. The molecule has 0 spiro atoms. The van der Waals surface area contributed by atoms with Crippen molar-refractivity contribution in [1.29, 1.82) is 0 Å². The average Bonchev–Trinajstić information content (AvgIpc) is 3.53. The van der Waals surface area contributed by atoms with Crippen molar-refractivity contribution in [2.75, 3.05) is 5.32 Å². The van der Waals surface area contributed by atoms with Crippen molar-refractivity contribution in [2.45, 2.75) is 6.23 Å². The minimum Gasteiger partial charge on any atom is -0.464 e. The zero-order valence-electron chi connectivity index (χ0n) is 23.2. The molecule has 0 radical (unpaired) electrons. The largest absolute Gasteiger partial charge is 0.464 e. The van der Waals surface area contributed by atoms with E-state index in [-0.39, 0.29) is 6.23 Å². The number of rotatable bonds is 5. The first-order valence-corrected chi connectivity index (χ1v) is 14.3. The van der Waals surface area contributed by atoms with E-state index >= 15 is 0 Å². The second-order valence-corrected chi connectivity index (χ2v) is 10.5. The third-order valence-corrected chi connectivity index (χ3v) is 7.79. The van der Waals surface area contributed by atoms with Gasteiger partial charge in [-0.1, -0.05) is 133 Å². The van der Waals surface area contributed by atoms with Crippen molar-refractivity contribution < 1.29 is 4.74 Å². The Hall–Kier alpha value is -5.81. The first-order chi connectivity index (χ1) is 21.3. The third kappa shape index (κ3) is 4.67. The number of anilines is 1. The van der Waals surface area contributed by atoms with Gasteiger partial charge in [-0.3, -0.25) is 0 Å². The first-order valence-electron chi connectivity index (χ1n) is 14.3. The number of nitrogens with zero attached hydrogens (tertiary/aromatic N) is 3. The Labute approximate surface area is 249 Å². The number of nitrogens with one attached hydrogen (secondary N) is 1. The van der Waals surface area contributed by atoms with Crippen LogP contribution in [0.3, 0.4) is 0 Å². The molecule has 6 aromatic carbocycles. The Morgan fingerprint density at radius 3 is 1.65 bits per heavy atom. The van der Waals surface area contributed by atoms with E-state index in [0.717, 1.165) is 44.8 Å². The number of ether oxygens (including phenoxy) is 1. The van der Waals surface area contributed by atoms with Crippen LogP contribution in [-0.2, 0) is 0 Å². The van der Waals surface area contributed by atoms with E-state index in [1.165, 1.54) is 10.8 Å². The highest BCUT2D eigenvalue weighted by molar-refractivity contribution is 5.99. The van der Waals surface area contributed by atoms with Gasteiger partial charge in [-0.15, -0.1) is 0 Å². The topological polar surface area (TPSA) is 59.9 Å². The molecule has 0 fully saturated rings. The lowest BCUT2D eigenvalue weighted by molar-refractivity contribution is 0.260. The maximum absolute atomic E-state index is 6.37. The minimum atomic E-state index is -0.290. The van der Waals surface area contributed by atoms with Gasteiger partial charge >= 0.3 is 0 Å². The highest BCUT2D eigenvalue weighted by atomic mass is 16.5. The Morgan fingerprint density at radius 2 is 1.00 bits per heavy atom. The quantitative estimate of drug-likeness (QED) is 0.230. The normalized spacial score (nSPS) is 13.7. The molecule has 43 heavy (non-hydrogen) atoms. The molecule has 1 N–H and O–H groups in total. The van der Waals surface area contributed by atoms with Crippen molar-refractivity contribution in [3.05, 3.63) is 151 Å². The van der Waals surface area contributed by atoms with Crippen LogP contribution in [0, 0.1) is 0 Å². The first kappa shape index (κ1) is 24.9. The van der Waals surface area contributed by atoms with Crippen LogP contribution < -0.4 is 10.1 Å². The monoisotopic (exact) mass is 554 g/mol. The molecule has 5 nitrogen and oxygen atoms in total. The SMILES string of the molecule is c1ccc(-c2nc(-c3ccccc3)nc(-c3ccc(-c4c(C5Nc6ccccc6O5)ccc5ccccc45)cc3)n2)cc1. The number of benzene rings is 6. The molecular formula is C38H26N4O. The summed E-state index contributed by atoms with van der Waals surface area (Å²) in [5, 5.41) is 5.91. The molecule has 7 aromatic rings. The van der Waals surface area contributed by atoms with Crippen LogP contribution >= 0.6 is 0 Å². The maximum atomic E-state index is 6.37. The fourth-order valence-electron chi connectivity index (χ4n) is 5.68. The smallest absolute Gasteiger partial charge is 0.197 e. The highest BCUT2D eigenvalue weighted by Crippen LogP contribution is 2.43. The van der Waals surface area contributed by atoms with E-state index in [2.05, 4.69) is 66.0 Å². The predicted molar refractivity (Wildman–Crippen MR) is 173 cm³/mol. The van der Waals surface area contributed by atoms with Crippen LogP contribution in [0.25, 0.3) is 56.1 Å². The third-order valence-electron chi connectivity index (χ3n) is 7.79. The van der Waals surface area contributed by atoms with Gasteiger partial charge in [0.1, 0.15) is 5.75 Å². The van der Waals surface area contributed by atoms with Crippen molar-refractivity contribution >= 4 is 16.5 Å². The zero-order chi connectivity index (χ0) is 28.6. The van der Waals surface area contributed by atoms with Crippen molar-refractivity contribution in [3.8, 4) is 51.0 Å². The Kier molecular flexibility index (Phi) is 6.12. The Bertz CT molecular complexity index is 1990. The van der Waals surface area contributed by atoms with Crippen molar-refractivity contribution in [2.24, 2.45) is 0 Å². The second kappa shape index (κ2) is 10.5. The summed E-state index contributed by atoms with van der Waals surface area (Å²) in [6.45, 7) is 0. The van der Waals surface area contributed by atoms with Crippen molar-refractivity contribution in [3.63, 3.8) is 0 Å². The zero-order valence-corrected chi connectivity index (χ0v) is 23.2. The molecule has 0 saturated heterocycles. The summed E-state index contributed by atoms with van der Waals surface area (Å²) in [5.41, 5.74) is 7.14. The molecule has 204 valence electrons. The second-order valence-electron chi connectivity index (χ2n) is 10.5. The number of fused-ring (bicyclic) bond motifs is 2. The molecule has 8 rings (SSSR count). The average molecular weight is 555 g/mol. The van der Waals surface area contributed by atoms with Crippen molar-refractivity contribution in [1.82, 2.24) is 15.0 Å². The van der Waals surface area contributed by atoms with Gasteiger partial charge in [-0.2, -0.15) is 0 Å². The Balaban J connectivity index is 1.23. The molecule has 1 unspecified atom stereocenters. The molecule has 1 aromatic heterocycles. The number of hydrogen-bond donors (Lipinski definition) is 1. The summed E-state index contributed by atoms with van der Waals surface area (Å²) in [7, 11) is 0. The van der Waals surface area contributed by atoms with E-state index in [1.54, 1.807) is 0 Å². The standard InChI is InChI=1S/C38H26N4O/c1-3-12-27(13-4-1)35-40-36(28-14-5-2-6-15-28)42-37(41-35)29-21-19-26(20-22-29)34-30-16-8-7-11-25(30)23-24-31(34)38-39-32-17-9-10-18-33(32)43-38/h1-24,38-39H. The summed E-state index contributed by atoms with van der Waals surface area (Å²) in [6, 6.07) is 49.4. The lowest BCUT2D eigenvalue weighted by Crippen LogP contribution is -2.11. The van der Waals surface area contributed by atoms with Crippen LogP contribution in [0.4, 0.5) is 5.69 Å². The van der Waals surface area contributed by atoms with Crippen LogP contribution in [0.1, 0.15) is 11.8 Å². The Morgan fingerprint density at radius 1 is 0.465 bits per heavy atom. The van der Waals surface area contributed by atoms with Gasteiger partial charge in [-0.05, 0) is 34.0 Å². The summed E-state index contributed by atoms with van der Waals surface area (Å²) in [4.78, 5) is 14.6. The molecular weight excluding hydrogens is 528 g/mol. The van der Waals surface area contributed by atoms with Gasteiger partial charge in [0.15, 0.2) is 23.7 Å². The van der Waals surface area contributed by atoms with E-state index < -0.39 is 0 Å². The van der Waals surface area contributed by atoms with E-state index in [0.29, 0.717) is 17.5 Å². The van der Waals surface area contributed by atoms with Gasteiger partial charge in [0.05, 0.1) is 5.69 Å². The van der Waals surface area contributed by atoms with Crippen LogP contribution in [-0.4, -0.2) is 15.0 Å². The van der Waals surface area contributed by atoms with E-state index in [1.807, 2.05) is 84.9 Å². The van der Waals surface area contributed by atoms with Crippen LogP contribution in [0.2, 0.25) is 0 Å². The van der Waals surface area contributed by atoms with E-state index in [4.69, 9.17) is 19.7 Å². The maximum Gasteiger partial charge on any atom is 0.197 e. The molecule has 1 aliphatic rings. The van der Waals surface area contributed by atoms with Gasteiger partial charge in [-0.25, -0.2) is 15.0 Å². The molecule has 2 heterocycles. The van der Waals surface area contributed by atoms with Gasteiger partial charge in [0.25, 0.3) is 0 Å². The number of para-hydroxylation sites is 2. The minimum absolute atomic E-state index is 0.290. The fraction of sp³-hybridized carbons (Fsp3) is 0.0263. The number of aromatic nitrogens is 3. The molecule has 5 heteroatoms. The summed E-state index contributed by atoms with van der Waals surface area (Å²) < 4.78 is 6.37. The molecule has 0 bridgehead atoms. The van der Waals surface area contributed by atoms with Crippen LogP contribution in [0.15, 0.2) is 146 Å². The predicted octanol–water partition coefficient (Wildman–Crippen LogP) is 9.20. The van der Waals surface area contributed by atoms with Gasteiger partial charge in [0.2, 0.25) is 0 Å². The fourth-order valence-corrected chi connectivity index (χ4v) is 5.68. The lowest BCUT2D eigenvalue weighted by Gasteiger charge is -2.19. The van der Waals surface area contributed by atoms with Crippen LogP contribution in [0.5, 0.6) is 5.75 Å². The molecule has 0 aliphatic carbocycles. The van der Waals surface area contributed by atoms with E-state index in [9.17, 15) is 0 Å². The number of hydrogen-bond acceptors (Lipinski definition) is 5. The molecule has 0 saturated carbocycles. The summed E-state index contributed by atoms with van der Waals surface area (Å²) >= 11 is 0. The molecule has 1 aliphatic heterocycles.